The number of hydrogen-bond acceptors (Lipinski definition) is 4. The fourth-order valence-electron chi connectivity index (χ4n) is 2.07. The zero-order valence-corrected chi connectivity index (χ0v) is 11.0. The number of thioether (sulfide) groups is 1. The number of aliphatic carboxylic acids is 1. The van der Waals surface area contributed by atoms with Crippen molar-refractivity contribution in [2.45, 2.75) is 31.8 Å². The lowest BCUT2D eigenvalue weighted by molar-refractivity contribution is -0.148. The number of carboxylic acids is 1. The summed E-state index contributed by atoms with van der Waals surface area (Å²) < 4.78 is 0. The third-order valence-corrected chi connectivity index (χ3v) is 4.16. The van der Waals surface area contributed by atoms with Crippen LogP contribution in [-0.2, 0) is 14.4 Å². The summed E-state index contributed by atoms with van der Waals surface area (Å²) in [6.45, 7) is 1.17. The second-order valence-corrected chi connectivity index (χ2v) is 5.60. The van der Waals surface area contributed by atoms with Gasteiger partial charge in [0.05, 0.1) is 5.88 Å². The minimum atomic E-state index is -1.00. The standard InChI is InChI=1S/C11H16N2O4S/c1-7(14)13-6-18-5-9(13)11(17)12(4-10(15)16)8-2-3-8/h8-9H,2-6H2,1H3,(H,15,16). The molecule has 1 aliphatic heterocycles. The molecule has 1 N–H and O–H groups in total. The Labute approximate surface area is 109 Å². The van der Waals surface area contributed by atoms with Crippen LogP contribution >= 0.6 is 11.8 Å². The molecular formula is C11H16N2O4S. The van der Waals surface area contributed by atoms with E-state index in [-0.39, 0.29) is 24.4 Å². The Hall–Kier alpha value is -1.24. The highest BCUT2D eigenvalue weighted by Crippen LogP contribution is 2.30. The van der Waals surface area contributed by atoms with Crippen molar-refractivity contribution in [2.75, 3.05) is 18.2 Å². The first-order valence-electron chi connectivity index (χ1n) is 5.88. The minimum absolute atomic E-state index is 0.0491. The number of carbonyl (C=O) groups is 3. The highest BCUT2D eigenvalue weighted by molar-refractivity contribution is 7.99. The zero-order chi connectivity index (χ0) is 13.3. The van der Waals surface area contributed by atoms with Crippen molar-refractivity contribution >= 4 is 29.5 Å². The molecule has 0 bridgehead atoms. The molecule has 0 aromatic heterocycles. The average Bonchev–Trinajstić information content (AvgIpc) is 3.00. The van der Waals surface area contributed by atoms with E-state index in [1.807, 2.05) is 0 Å². The lowest BCUT2D eigenvalue weighted by Crippen LogP contribution is -2.50. The Morgan fingerprint density at radius 3 is 2.56 bits per heavy atom. The quantitative estimate of drug-likeness (QED) is 0.778. The number of carboxylic acid groups (broad SMARTS) is 1. The third kappa shape index (κ3) is 2.77. The summed E-state index contributed by atoms with van der Waals surface area (Å²) in [5, 5.41) is 8.85. The van der Waals surface area contributed by atoms with E-state index in [4.69, 9.17) is 5.11 Å². The van der Waals surface area contributed by atoms with Crippen molar-refractivity contribution in [1.29, 1.82) is 0 Å². The van der Waals surface area contributed by atoms with Crippen molar-refractivity contribution in [2.24, 2.45) is 0 Å². The van der Waals surface area contributed by atoms with Gasteiger partial charge in [-0.05, 0) is 12.8 Å². The highest BCUT2D eigenvalue weighted by atomic mass is 32.2. The van der Waals surface area contributed by atoms with Gasteiger partial charge in [-0.25, -0.2) is 0 Å². The van der Waals surface area contributed by atoms with Gasteiger partial charge in [-0.15, -0.1) is 11.8 Å². The van der Waals surface area contributed by atoms with Gasteiger partial charge in [0.2, 0.25) is 11.8 Å². The fourth-order valence-corrected chi connectivity index (χ4v) is 3.28. The van der Waals surface area contributed by atoms with Crippen LogP contribution in [0, 0.1) is 0 Å². The largest absolute Gasteiger partial charge is 0.480 e. The lowest BCUT2D eigenvalue weighted by atomic mass is 10.2. The van der Waals surface area contributed by atoms with E-state index in [1.54, 1.807) is 0 Å². The maximum atomic E-state index is 12.3. The molecule has 1 saturated heterocycles. The first kappa shape index (κ1) is 13.2. The van der Waals surface area contributed by atoms with Crippen molar-refractivity contribution in [3.8, 4) is 0 Å². The normalized spacial score (nSPS) is 22.9. The summed E-state index contributed by atoms with van der Waals surface area (Å²) in [5.74, 6) is -0.293. The third-order valence-electron chi connectivity index (χ3n) is 3.15. The van der Waals surface area contributed by atoms with E-state index in [9.17, 15) is 14.4 Å². The lowest BCUT2D eigenvalue weighted by Gasteiger charge is -2.28. The molecule has 2 aliphatic rings. The SMILES string of the molecule is CC(=O)N1CSCC1C(=O)N(CC(=O)O)C1CC1. The van der Waals surface area contributed by atoms with E-state index < -0.39 is 12.0 Å². The van der Waals surface area contributed by atoms with E-state index in [1.165, 1.54) is 28.5 Å². The molecule has 18 heavy (non-hydrogen) atoms. The van der Waals surface area contributed by atoms with Gasteiger partial charge >= 0.3 is 5.97 Å². The molecule has 0 spiro atoms. The number of hydrogen-bond donors (Lipinski definition) is 1. The molecule has 1 saturated carbocycles. The Morgan fingerprint density at radius 1 is 1.39 bits per heavy atom. The fraction of sp³-hybridized carbons (Fsp3) is 0.727. The molecule has 6 nitrogen and oxygen atoms in total. The van der Waals surface area contributed by atoms with Gasteiger partial charge in [0.1, 0.15) is 12.6 Å². The van der Waals surface area contributed by atoms with Gasteiger partial charge in [0, 0.05) is 18.7 Å². The molecule has 2 fully saturated rings. The summed E-state index contributed by atoms with van der Waals surface area (Å²) in [5.41, 5.74) is 0. The summed E-state index contributed by atoms with van der Waals surface area (Å²) in [7, 11) is 0. The van der Waals surface area contributed by atoms with Crippen molar-refractivity contribution in [3.05, 3.63) is 0 Å². The Bertz CT molecular complexity index is 379. The maximum Gasteiger partial charge on any atom is 0.323 e. The van der Waals surface area contributed by atoms with Crippen LogP contribution in [0.5, 0.6) is 0 Å². The molecule has 7 heteroatoms. The second-order valence-electron chi connectivity index (χ2n) is 4.60. The molecule has 1 heterocycles. The van der Waals surface area contributed by atoms with Crippen LogP contribution in [0.3, 0.4) is 0 Å². The number of carbonyl (C=O) groups excluding carboxylic acids is 2. The Balaban J connectivity index is 2.07. The van der Waals surface area contributed by atoms with Gasteiger partial charge in [-0.3, -0.25) is 14.4 Å². The molecule has 1 unspecified atom stereocenters. The highest BCUT2D eigenvalue weighted by Gasteiger charge is 2.41. The van der Waals surface area contributed by atoms with Crippen LogP contribution in [0.4, 0.5) is 0 Å². The Kier molecular flexibility index (Phi) is 3.79. The average molecular weight is 272 g/mol. The molecule has 1 atom stereocenters. The predicted octanol–water partition coefficient (Wildman–Crippen LogP) is -0.0166. The van der Waals surface area contributed by atoms with Gasteiger partial charge in [0.15, 0.2) is 0 Å². The summed E-state index contributed by atoms with van der Waals surface area (Å²) >= 11 is 1.53. The van der Waals surface area contributed by atoms with Crippen molar-refractivity contribution in [1.82, 2.24) is 9.80 Å². The molecule has 1 aliphatic carbocycles. The van der Waals surface area contributed by atoms with Crippen LogP contribution in [0.25, 0.3) is 0 Å². The molecule has 2 rings (SSSR count). The van der Waals surface area contributed by atoms with Gasteiger partial charge in [0.25, 0.3) is 0 Å². The van der Waals surface area contributed by atoms with Gasteiger partial charge in [-0.1, -0.05) is 0 Å². The summed E-state index contributed by atoms with van der Waals surface area (Å²) in [6.07, 6.45) is 1.72. The molecule has 100 valence electrons. The Morgan fingerprint density at radius 2 is 2.06 bits per heavy atom. The van der Waals surface area contributed by atoms with Crippen LogP contribution in [-0.4, -0.2) is 62.9 Å². The van der Waals surface area contributed by atoms with Crippen LogP contribution < -0.4 is 0 Å². The van der Waals surface area contributed by atoms with E-state index in [0.717, 1.165) is 12.8 Å². The number of amides is 2. The molecule has 2 amide bonds. The topological polar surface area (TPSA) is 77.9 Å². The van der Waals surface area contributed by atoms with Gasteiger partial charge in [-0.2, -0.15) is 0 Å². The molecular weight excluding hydrogens is 256 g/mol. The first-order chi connectivity index (χ1) is 8.50. The maximum absolute atomic E-state index is 12.3. The number of rotatable bonds is 4. The molecule has 0 aromatic carbocycles. The van der Waals surface area contributed by atoms with Gasteiger partial charge < -0.3 is 14.9 Å². The summed E-state index contributed by atoms with van der Waals surface area (Å²) in [6, 6.07) is -0.444. The number of nitrogens with zero attached hydrogens (tertiary/aromatic N) is 2. The molecule has 0 radical (unpaired) electrons. The van der Waals surface area contributed by atoms with Crippen molar-refractivity contribution in [3.63, 3.8) is 0 Å². The van der Waals surface area contributed by atoms with E-state index in [2.05, 4.69) is 0 Å². The van der Waals surface area contributed by atoms with Crippen LogP contribution in [0.2, 0.25) is 0 Å². The van der Waals surface area contributed by atoms with E-state index in [0.29, 0.717) is 11.6 Å². The van der Waals surface area contributed by atoms with Crippen LogP contribution in [0.1, 0.15) is 19.8 Å². The second kappa shape index (κ2) is 5.17. The minimum Gasteiger partial charge on any atom is -0.480 e. The summed E-state index contributed by atoms with van der Waals surface area (Å²) in [4.78, 5) is 37.5. The predicted molar refractivity (Wildman–Crippen MR) is 66.0 cm³/mol. The smallest absolute Gasteiger partial charge is 0.323 e. The first-order valence-corrected chi connectivity index (χ1v) is 7.03. The molecule has 0 aromatic rings. The van der Waals surface area contributed by atoms with Crippen LogP contribution in [0.15, 0.2) is 0 Å². The van der Waals surface area contributed by atoms with E-state index >= 15 is 0 Å². The van der Waals surface area contributed by atoms with Crippen molar-refractivity contribution < 1.29 is 19.5 Å². The zero-order valence-electron chi connectivity index (χ0n) is 10.2. The monoisotopic (exact) mass is 272 g/mol.